The van der Waals surface area contributed by atoms with Gasteiger partial charge in [-0.3, -0.25) is 0 Å². The first-order valence-corrected chi connectivity index (χ1v) is 8.53. The Balaban J connectivity index is 1.68. The van der Waals surface area contributed by atoms with Crippen molar-refractivity contribution in [3.8, 4) is 0 Å². The molecule has 1 fully saturated rings. The number of nitrogens with one attached hydrogen (secondary N) is 1. The zero-order valence-electron chi connectivity index (χ0n) is 14.3. The number of hydrogen-bond donors (Lipinski definition) is 1. The summed E-state index contributed by atoms with van der Waals surface area (Å²) in [5.74, 6) is 0.780. The SMILES string of the molecule is CCc1ncc(NC(=O)N2CCCC(C)(c3ccccc3)C2)cn1. The summed E-state index contributed by atoms with van der Waals surface area (Å²) in [6.45, 7) is 5.74. The number of aromatic nitrogens is 2. The Bertz CT molecular complexity index is 686. The van der Waals surface area contributed by atoms with Gasteiger partial charge in [0.2, 0.25) is 0 Å². The van der Waals surface area contributed by atoms with Crippen LogP contribution < -0.4 is 5.32 Å². The molecule has 126 valence electrons. The fourth-order valence-corrected chi connectivity index (χ4v) is 3.29. The number of urea groups is 1. The topological polar surface area (TPSA) is 58.1 Å². The summed E-state index contributed by atoms with van der Waals surface area (Å²) in [6, 6.07) is 10.4. The van der Waals surface area contributed by atoms with Crippen LogP contribution in [-0.2, 0) is 11.8 Å². The van der Waals surface area contributed by atoms with Crippen molar-refractivity contribution in [1.29, 1.82) is 0 Å². The molecule has 1 aromatic carbocycles. The normalized spacial score (nSPS) is 20.7. The van der Waals surface area contributed by atoms with Gasteiger partial charge in [-0.25, -0.2) is 14.8 Å². The lowest BCUT2D eigenvalue weighted by molar-refractivity contribution is 0.167. The number of amides is 2. The molecule has 2 aromatic rings. The van der Waals surface area contributed by atoms with Gasteiger partial charge in [0.1, 0.15) is 5.82 Å². The van der Waals surface area contributed by atoms with E-state index in [0.717, 1.165) is 38.2 Å². The number of carbonyl (C=O) groups excluding carboxylic acids is 1. The van der Waals surface area contributed by atoms with Crippen LogP contribution in [0.4, 0.5) is 10.5 Å². The van der Waals surface area contributed by atoms with Crippen LogP contribution in [0.5, 0.6) is 0 Å². The summed E-state index contributed by atoms with van der Waals surface area (Å²) in [4.78, 5) is 22.9. The number of carbonyl (C=O) groups is 1. The van der Waals surface area contributed by atoms with E-state index in [2.05, 4.69) is 46.5 Å². The molecule has 0 radical (unpaired) electrons. The van der Waals surface area contributed by atoms with Crippen molar-refractivity contribution in [2.75, 3.05) is 18.4 Å². The minimum atomic E-state index is -0.0790. The van der Waals surface area contributed by atoms with Gasteiger partial charge >= 0.3 is 6.03 Å². The Morgan fingerprint density at radius 1 is 1.25 bits per heavy atom. The van der Waals surface area contributed by atoms with E-state index in [1.54, 1.807) is 12.4 Å². The van der Waals surface area contributed by atoms with Crippen molar-refractivity contribution in [2.24, 2.45) is 0 Å². The molecule has 5 nitrogen and oxygen atoms in total. The monoisotopic (exact) mass is 324 g/mol. The molecular weight excluding hydrogens is 300 g/mol. The highest BCUT2D eigenvalue weighted by atomic mass is 16.2. The van der Waals surface area contributed by atoms with E-state index in [0.29, 0.717) is 5.69 Å². The van der Waals surface area contributed by atoms with E-state index < -0.39 is 0 Å². The maximum atomic E-state index is 12.6. The minimum Gasteiger partial charge on any atom is -0.324 e. The Labute approximate surface area is 143 Å². The Morgan fingerprint density at radius 2 is 1.96 bits per heavy atom. The van der Waals surface area contributed by atoms with Gasteiger partial charge in [-0.05, 0) is 18.4 Å². The van der Waals surface area contributed by atoms with Crippen molar-refractivity contribution in [1.82, 2.24) is 14.9 Å². The smallest absolute Gasteiger partial charge is 0.321 e. The fourth-order valence-electron chi connectivity index (χ4n) is 3.29. The van der Waals surface area contributed by atoms with Crippen molar-refractivity contribution >= 4 is 11.7 Å². The highest BCUT2D eigenvalue weighted by molar-refractivity contribution is 5.89. The molecule has 3 rings (SSSR count). The second kappa shape index (κ2) is 6.99. The average molecular weight is 324 g/mol. The van der Waals surface area contributed by atoms with E-state index in [-0.39, 0.29) is 11.4 Å². The van der Waals surface area contributed by atoms with Gasteiger partial charge in [-0.2, -0.15) is 0 Å². The highest BCUT2D eigenvalue weighted by Crippen LogP contribution is 2.33. The molecule has 1 unspecified atom stereocenters. The third-order valence-corrected chi connectivity index (χ3v) is 4.73. The maximum Gasteiger partial charge on any atom is 0.321 e. The molecule has 5 heteroatoms. The quantitative estimate of drug-likeness (QED) is 0.938. The number of aryl methyl sites for hydroxylation is 1. The van der Waals surface area contributed by atoms with Crippen LogP contribution in [0.25, 0.3) is 0 Å². The summed E-state index contributed by atoms with van der Waals surface area (Å²) in [5, 5.41) is 2.91. The Morgan fingerprint density at radius 3 is 2.62 bits per heavy atom. The first-order chi connectivity index (χ1) is 11.6. The summed E-state index contributed by atoms with van der Waals surface area (Å²) < 4.78 is 0. The van der Waals surface area contributed by atoms with Gasteiger partial charge in [0.25, 0.3) is 0 Å². The van der Waals surface area contributed by atoms with Gasteiger partial charge in [-0.15, -0.1) is 0 Å². The lowest BCUT2D eigenvalue weighted by Crippen LogP contribution is -2.48. The molecule has 2 heterocycles. The van der Waals surface area contributed by atoms with Crippen LogP contribution >= 0.6 is 0 Å². The van der Waals surface area contributed by atoms with Crippen molar-refractivity contribution < 1.29 is 4.79 Å². The Kier molecular flexibility index (Phi) is 4.79. The molecule has 1 N–H and O–H groups in total. The van der Waals surface area contributed by atoms with Crippen LogP contribution in [0.3, 0.4) is 0 Å². The molecule has 1 aliphatic heterocycles. The first kappa shape index (κ1) is 16.4. The number of hydrogen-bond acceptors (Lipinski definition) is 3. The molecule has 0 saturated carbocycles. The van der Waals surface area contributed by atoms with E-state index in [9.17, 15) is 4.79 Å². The molecule has 24 heavy (non-hydrogen) atoms. The maximum absolute atomic E-state index is 12.6. The van der Waals surface area contributed by atoms with Gasteiger partial charge in [-0.1, -0.05) is 44.2 Å². The van der Waals surface area contributed by atoms with Crippen LogP contribution in [0.1, 0.15) is 38.1 Å². The molecule has 0 bridgehead atoms. The van der Waals surface area contributed by atoms with Crippen molar-refractivity contribution in [3.63, 3.8) is 0 Å². The van der Waals surface area contributed by atoms with Gasteiger partial charge in [0.05, 0.1) is 18.1 Å². The second-order valence-electron chi connectivity index (χ2n) is 6.62. The highest BCUT2D eigenvalue weighted by Gasteiger charge is 2.34. The predicted molar refractivity (Wildman–Crippen MR) is 95.0 cm³/mol. The van der Waals surface area contributed by atoms with Gasteiger partial charge in [0, 0.05) is 24.9 Å². The van der Waals surface area contributed by atoms with E-state index in [1.807, 2.05) is 17.9 Å². The third kappa shape index (κ3) is 3.55. The molecule has 1 aliphatic rings. The molecule has 0 spiro atoms. The zero-order chi connectivity index (χ0) is 17.0. The number of piperidine rings is 1. The number of likely N-dealkylation sites (tertiary alicyclic amines) is 1. The van der Waals surface area contributed by atoms with Gasteiger partial charge in [0.15, 0.2) is 0 Å². The number of rotatable bonds is 3. The van der Waals surface area contributed by atoms with Gasteiger partial charge < -0.3 is 10.2 Å². The van der Waals surface area contributed by atoms with E-state index in [4.69, 9.17) is 0 Å². The van der Waals surface area contributed by atoms with Crippen molar-refractivity contribution in [3.05, 3.63) is 54.1 Å². The summed E-state index contributed by atoms with van der Waals surface area (Å²) >= 11 is 0. The number of nitrogens with zero attached hydrogens (tertiary/aromatic N) is 3. The molecule has 1 aromatic heterocycles. The molecular formula is C19H24N4O. The standard InChI is InChI=1S/C19H24N4O/c1-3-17-20-12-16(13-21-17)22-18(24)23-11-7-10-19(2,14-23)15-8-5-4-6-9-15/h4-6,8-9,12-13H,3,7,10-11,14H2,1-2H3,(H,22,24). The lowest BCUT2D eigenvalue weighted by Gasteiger charge is -2.40. The van der Waals surface area contributed by atoms with Crippen LogP contribution in [0.15, 0.2) is 42.7 Å². The van der Waals surface area contributed by atoms with E-state index >= 15 is 0 Å². The first-order valence-electron chi connectivity index (χ1n) is 8.53. The summed E-state index contributed by atoms with van der Waals surface area (Å²) in [6.07, 6.45) is 6.23. The lowest BCUT2D eigenvalue weighted by atomic mass is 9.76. The molecule has 2 amide bonds. The van der Waals surface area contributed by atoms with E-state index in [1.165, 1.54) is 5.56 Å². The summed E-state index contributed by atoms with van der Waals surface area (Å²) in [7, 11) is 0. The average Bonchev–Trinajstić information content (AvgIpc) is 2.63. The fraction of sp³-hybridized carbons (Fsp3) is 0.421. The second-order valence-corrected chi connectivity index (χ2v) is 6.62. The minimum absolute atomic E-state index is 0.000577. The zero-order valence-corrected chi connectivity index (χ0v) is 14.3. The Hall–Kier alpha value is -2.43. The summed E-state index contributed by atoms with van der Waals surface area (Å²) in [5.41, 5.74) is 1.93. The van der Waals surface area contributed by atoms with Crippen LogP contribution in [0.2, 0.25) is 0 Å². The van der Waals surface area contributed by atoms with Crippen LogP contribution in [0, 0.1) is 0 Å². The third-order valence-electron chi connectivity index (χ3n) is 4.73. The van der Waals surface area contributed by atoms with Crippen molar-refractivity contribution in [2.45, 2.75) is 38.5 Å². The number of anilines is 1. The van der Waals surface area contributed by atoms with Crippen LogP contribution in [-0.4, -0.2) is 34.0 Å². The predicted octanol–water partition coefficient (Wildman–Crippen LogP) is 3.62. The molecule has 1 saturated heterocycles. The number of benzene rings is 1. The molecule has 1 atom stereocenters. The largest absolute Gasteiger partial charge is 0.324 e. The molecule has 0 aliphatic carbocycles.